The van der Waals surface area contributed by atoms with Crippen LogP contribution in [0.5, 0.6) is 0 Å². The lowest BCUT2D eigenvalue weighted by Crippen LogP contribution is -1.82. The van der Waals surface area contributed by atoms with Crippen LogP contribution >= 0.6 is 55.6 Å². The highest BCUT2D eigenvalue weighted by Crippen LogP contribution is 2.29. The van der Waals surface area contributed by atoms with Crippen LogP contribution in [0.3, 0.4) is 0 Å². The molecule has 0 spiro atoms. The van der Waals surface area contributed by atoms with Crippen molar-refractivity contribution in [2.24, 2.45) is 0 Å². The van der Waals surface area contributed by atoms with Gasteiger partial charge >= 0.3 is 0 Å². The van der Waals surface area contributed by atoms with E-state index in [0.29, 0.717) is 0 Å². The van der Waals surface area contributed by atoms with Crippen LogP contribution in [0.25, 0.3) is 0 Å². The SMILES string of the molecule is ClC(Cl)(Cl)Cl.Pc1ccccc1. The van der Waals surface area contributed by atoms with E-state index >= 15 is 0 Å². The Kier molecular flexibility index (Phi) is 6.72. The average Bonchev–Trinajstić information content (AvgIpc) is 1.85. The van der Waals surface area contributed by atoms with Crippen molar-refractivity contribution in [2.45, 2.75) is 3.25 Å². The lowest BCUT2D eigenvalue weighted by atomic mass is 10.4. The summed E-state index contributed by atoms with van der Waals surface area (Å²) in [5, 5.41) is 1.24. The molecule has 0 fully saturated rings. The fourth-order valence-corrected chi connectivity index (χ4v) is 0.675. The van der Waals surface area contributed by atoms with Gasteiger partial charge in [-0.15, -0.1) is 9.24 Å². The zero-order valence-electron chi connectivity index (χ0n) is 5.98. The lowest BCUT2D eigenvalue weighted by Gasteiger charge is -1.91. The predicted molar refractivity (Wildman–Crippen MR) is 61.9 cm³/mol. The standard InChI is InChI=1S/C6H7P.CCl4/c7-6-4-2-1-3-5-6;2-1(3,4)5/h1-5H,7H2;. The molecule has 0 saturated carbocycles. The zero-order chi connectivity index (χ0) is 9.61. The molecule has 0 aromatic heterocycles. The molecule has 1 unspecified atom stereocenters. The van der Waals surface area contributed by atoms with E-state index in [1.807, 2.05) is 30.3 Å². The molecule has 0 nitrogen and oxygen atoms in total. The van der Waals surface area contributed by atoms with E-state index in [-0.39, 0.29) is 0 Å². The molecule has 0 amide bonds. The van der Waals surface area contributed by atoms with E-state index in [4.69, 9.17) is 46.4 Å². The molecule has 0 saturated heterocycles. The number of rotatable bonds is 0. The molecule has 0 aliphatic heterocycles. The van der Waals surface area contributed by atoms with Crippen LogP contribution in [0.1, 0.15) is 0 Å². The number of hydrogen-bond donors (Lipinski definition) is 0. The van der Waals surface area contributed by atoms with Crippen LogP contribution in [-0.2, 0) is 0 Å². The molecule has 0 aliphatic rings. The second kappa shape index (κ2) is 6.29. The maximum Gasteiger partial charge on any atom is 0.266 e. The molecular formula is C7H7Cl4P. The molecule has 12 heavy (non-hydrogen) atoms. The lowest BCUT2D eigenvalue weighted by molar-refractivity contribution is 1.76. The van der Waals surface area contributed by atoms with Gasteiger partial charge in [0, 0.05) is 0 Å². The van der Waals surface area contributed by atoms with Gasteiger partial charge < -0.3 is 0 Å². The van der Waals surface area contributed by atoms with E-state index in [0.717, 1.165) is 0 Å². The van der Waals surface area contributed by atoms with Crippen LogP contribution in [0.15, 0.2) is 30.3 Å². The Bertz CT molecular complexity index is 200. The quantitative estimate of drug-likeness (QED) is 0.494. The molecule has 0 radical (unpaired) electrons. The Hall–Kier alpha value is 0.810. The molecule has 0 aliphatic carbocycles. The molecule has 0 N–H and O–H groups in total. The normalized spacial score (nSPS) is 10.1. The third-order valence-corrected chi connectivity index (χ3v) is 1.18. The molecule has 0 bridgehead atoms. The van der Waals surface area contributed by atoms with Crippen LogP contribution < -0.4 is 5.30 Å². The van der Waals surface area contributed by atoms with Gasteiger partial charge in [0.1, 0.15) is 0 Å². The van der Waals surface area contributed by atoms with Gasteiger partial charge in [-0.05, 0) is 5.30 Å². The maximum atomic E-state index is 4.83. The highest BCUT2D eigenvalue weighted by atomic mass is 35.6. The highest BCUT2D eigenvalue weighted by molar-refractivity contribution is 7.27. The van der Waals surface area contributed by atoms with Crippen molar-refractivity contribution in [3.63, 3.8) is 0 Å². The Labute approximate surface area is 94.3 Å². The summed E-state index contributed by atoms with van der Waals surface area (Å²) in [6.45, 7) is 0. The summed E-state index contributed by atoms with van der Waals surface area (Å²) in [5.74, 6) is 0. The van der Waals surface area contributed by atoms with Crippen molar-refractivity contribution in [1.29, 1.82) is 0 Å². The van der Waals surface area contributed by atoms with E-state index in [1.54, 1.807) is 0 Å². The van der Waals surface area contributed by atoms with Crippen molar-refractivity contribution in [1.82, 2.24) is 0 Å². The molecule has 5 heteroatoms. The van der Waals surface area contributed by atoms with Crippen molar-refractivity contribution in [2.75, 3.05) is 0 Å². The van der Waals surface area contributed by atoms with Crippen molar-refractivity contribution in [3.8, 4) is 0 Å². The summed E-state index contributed by atoms with van der Waals surface area (Å²) in [4.78, 5) is 0. The fraction of sp³-hybridized carbons (Fsp3) is 0.143. The average molecular weight is 264 g/mol. The van der Waals surface area contributed by atoms with Gasteiger partial charge in [-0.1, -0.05) is 76.7 Å². The van der Waals surface area contributed by atoms with Crippen molar-refractivity contribution in [3.05, 3.63) is 30.3 Å². The summed E-state index contributed by atoms with van der Waals surface area (Å²) in [6.07, 6.45) is 0. The topological polar surface area (TPSA) is 0 Å². The van der Waals surface area contributed by atoms with Crippen molar-refractivity contribution < 1.29 is 0 Å². The first-order valence-corrected chi connectivity index (χ1v) is 5.04. The summed E-state index contributed by atoms with van der Waals surface area (Å²) >= 11 is 19.3. The van der Waals surface area contributed by atoms with Gasteiger partial charge in [-0.2, -0.15) is 0 Å². The molecule has 0 heterocycles. The zero-order valence-corrected chi connectivity index (χ0v) is 10.2. The van der Waals surface area contributed by atoms with Gasteiger partial charge in [-0.25, -0.2) is 0 Å². The van der Waals surface area contributed by atoms with E-state index in [9.17, 15) is 0 Å². The van der Waals surface area contributed by atoms with Crippen molar-refractivity contribution >= 4 is 60.9 Å². The number of halogens is 4. The summed E-state index contributed by atoms with van der Waals surface area (Å²) in [7, 11) is 2.63. The summed E-state index contributed by atoms with van der Waals surface area (Å²) in [6, 6.07) is 10.1. The van der Waals surface area contributed by atoms with E-state index in [2.05, 4.69) is 9.24 Å². The van der Waals surface area contributed by atoms with Crippen LogP contribution in [0.4, 0.5) is 0 Å². The molecule has 68 valence electrons. The second-order valence-corrected chi connectivity index (χ2v) is 5.93. The Balaban J connectivity index is 0.000000217. The largest absolute Gasteiger partial charge is 0.266 e. The first-order chi connectivity index (χ1) is 5.39. The highest BCUT2D eigenvalue weighted by Gasteiger charge is 2.11. The third kappa shape index (κ3) is 13.4. The van der Waals surface area contributed by atoms with E-state index in [1.165, 1.54) is 5.30 Å². The maximum absolute atomic E-state index is 4.83. The summed E-state index contributed by atoms with van der Waals surface area (Å²) in [5.41, 5.74) is 0. The summed E-state index contributed by atoms with van der Waals surface area (Å²) < 4.78 is -1.61. The fourth-order valence-electron chi connectivity index (χ4n) is 0.453. The smallest absolute Gasteiger partial charge is 0.106 e. The van der Waals surface area contributed by atoms with Crippen LogP contribution in [0.2, 0.25) is 0 Å². The minimum atomic E-state index is -1.61. The number of alkyl halides is 4. The van der Waals surface area contributed by atoms with Gasteiger partial charge in [0.2, 0.25) is 0 Å². The van der Waals surface area contributed by atoms with E-state index < -0.39 is 3.25 Å². The van der Waals surface area contributed by atoms with Gasteiger partial charge in [0.05, 0.1) is 0 Å². The number of benzene rings is 1. The minimum absolute atomic E-state index is 1.24. The molecule has 1 aromatic rings. The van der Waals surface area contributed by atoms with Crippen LogP contribution in [-0.4, -0.2) is 3.25 Å². The molecule has 1 aromatic carbocycles. The molecule has 1 atom stereocenters. The minimum Gasteiger partial charge on any atom is -0.106 e. The second-order valence-electron chi connectivity index (χ2n) is 1.84. The predicted octanol–water partition coefficient (Wildman–Crippen LogP) is 3.74. The first kappa shape index (κ1) is 12.8. The van der Waals surface area contributed by atoms with Gasteiger partial charge in [0.25, 0.3) is 3.25 Å². The van der Waals surface area contributed by atoms with Gasteiger partial charge in [0.15, 0.2) is 0 Å². The monoisotopic (exact) mass is 262 g/mol. The Morgan fingerprint density at radius 2 is 1.25 bits per heavy atom. The van der Waals surface area contributed by atoms with Crippen LogP contribution in [0, 0.1) is 0 Å². The number of hydrogen-bond acceptors (Lipinski definition) is 0. The molecular weight excluding hydrogens is 257 g/mol. The third-order valence-electron chi connectivity index (χ3n) is 0.800. The Morgan fingerprint density at radius 3 is 1.42 bits per heavy atom. The molecule has 1 rings (SSSR count). The first-order valence-electron chi connectivity index (χ1n) is 2.96. The van der Waals surface area contributed by atoms with Gasteiger partial charge in [-0.3, -0.25) is 0 Å². The Morgan fingerprint density at radius 1 is 0.917 bits per heavy atom.